The Hall–Kier alpha value is -2.63. The Kier molecular flexibility index (Phi) is 5.21. The third-order valence-corrected chi connectivity index (χ3v) is 6.18. The number of imidazole rings is 1. The standard InChI is InChI=1S/C25H29BN2O2/c1-7-12-21-27-22(18-13-9-8-10-14-18)23(28(21)6)19-15-11-16-20(17-19)26-29-24(2,3)25(4,5)30-26/h7-17H,1-6H3/b12-7-. The number of hydrogen-bond acceptors (Lipinski definition) is 3. The van der Waals surface area contributed by atoms with Gasteiger partial charge in [0.25, 0.3) is 0 Å². The average Bonchev–Trinajstić information content (AvgIpc) is 3.15. The van der Waals surface area contributed by atoms with Crippen molar-refractivity contribution in [3.8, 4) is 22.5 Å². The summed E-state index contributed by atoms with van der Waals surface area (Å²) in [7, 11) is 1.67. The normalized spacial score (nSPS) is 17.7. The second-order valence-electron chi connectivity index (χ2n) is 8.81. The second-order valence-corrected chi connectivity index (χ2v) is 8.81. The minimum absolute atomic E-state index is 0.367. The Labute approximate surface area is 179 Å². The topological polar surface area (TPSA) is 36.3 Å². The average molecular weight is 400 g/mol. The summed E-state index contributed by atoms with van der Waals surface area (Å²) in [4.78, 5) is 4.93. The van der Waals surface area contributed by atoms with E-state index in [-0.39, 0.29) is 11.2 Å². The molecule has 4 rings (SSSR count). The molecule has 1 fully saturated rings. The SMILES string of the molecule is C/C=C\c1nc(-c2ccccc2)c(-c2cccc(B3OC(C)(C)C(C)(C)O3)c2)n1C. The molecule has 3 aromatic rings. The zero-order chi connectivity index (χ0) is 21.5. The van der Waals surface area contributed by atoms with Gasteiger partial charge in [-0.05, 0) is 46.2 Å². The predicted octanol–water partition coefficient (Wildman–Crippen LogP) is 5.09. The van der Waals surface area contributed by atoms with Crippen molar-refractivity contribution in [1.29, 1.82) is 0 Å². The van der Waals surface area contributed by atoms with Crippen LogP contribution in [-0.2, 0) is 16.4 Å². The molecule has 1 saturated heterocycles. The van der Waals surface area contributed by atoms with Crippen molar-refractivity contribution >= 4 is 18.7 Å². The van der Waals surface area contributed by atoms with Crippen LogP contribution < -0.4 is 5.46 Å². The van der Waals surface area contributed by atoms with Gasteiger partial charge >= 0.3 is 7.12 Å². The lowest BCUT2D eigenvalue weighted by molar-refractivity contribution is 0.00578. The maximum Gasteiger partial charge on any atom is 0.494 e. The van der Waals surface area contributed by atoms with Gasteiger partial charge in [0.05, 0.1) is 22.6 Å². The van der Waals surface area contributed by atoms with E-state index in [2.05, 4.69) is 75.7 Å². The van der Waals surface area contributed by atoms with Crippen LogP contribution in [0.3, 0.4) is 0 Å². The van der Waals surface area contributed by atoms with Crippen LogP contribution in [0, 0.1) is 0 Å². The molecule has 0 atom stereocenters. The van der Waals surface area contributed by atoms with E-state index >= 15 is 0 Å². The Balaban J connectivity index is 1.81. The van der Waals surface area contributed by atoms with Crippen molar-refractivity contribution in [2.75, 3.05) is 0 Å². The van der Waals surface area contributed by atoms with E-state index in [1.165, 1.54) is 0 Å². The molecule has 2 heterocycles. The largest absolute Gasteiger partial charge is 0.494 e. The van der Waals surface area contributed by atoms with Gasteiger partial charge in [0.2, 0.25) is 0 Å². The van der Waals surface area contributed by atoms with Gasteiger partial charge in [-0.3, -0.25) is 0 Å². The van der Waals surface area contributed by atoms with Crippen molar-refractivity contribution in [3.63, 3.8) is 0 Å². The molecule has 1 aliphatic rings. The molecular weight excluding hydrogens is 371 g/mol. The van der Waals surface area contributed by atoms with E-state index in [0.29, 0.717) is 0 Å². The van der Waals surface area contributed by atoms with Gasteiger partial charge < -0.3 is 13.9 Å². The molecule has 0 aliphatic carbocycles. The maximum atomic E-state index is 6.27. The van der Waals surface area contributed by atoms with Crippen molar-refractivity contribution in [3.05, 3.63) is 66.5 Å². The van der Waals surface area contributed by atoms with E-state index in [1.807, 2.05) is 37.3 Å². The Morgan fingerprint density at radius 2 is 1.53 bits per heavy atom. The summed E-state index contributed by atoms with van der Waals surface area (Å²) in [5.74, 6) is 0.924. The highest BCUT2D eigenvalue weighted by Gasteiger charge is 2.51. The molecule has 2 aromatic carbocycles. The van der Waals surface area contributed by atoms with E-state index in [9.17, 15) is 0 Å². The molecule has 0 bridgehead atoms. The van der Waals surface area contributed by atoms with Crippen molar-refractivity contribution < 1.29 is 9.31 Å². The summed E-state index contributed by atoms with van der Waals surface area (Å²) in [6.07, 6.45) is 4.05. The third-order valence-electron chi connectivity index (χ3n) is 6.18. The molecule has 0 unspecified atom stereocenters. The first-order valence-electron chi connectivity index (χ1n) is 10.4. The number of allylic oxidation sites excluding steroid dienone is 1. The first kappa shape index (κ1) is 20.6. The summed E-state index contributed by atoms with van der Waals surface area (Å²) in [5.41, 5.74) is 4.51. The fourth-order valence-electron chi connectivity index (χ4n) is 3.75. The van der Waals surface area contributed by atoms with Crippen molar-refractivity contribution in [2.24, 2.45) is 7.05 Å². The number of nitrogens with zero attached hydrogens (tertiary/aromatic N) is 2. The van der Waals surface area contributed by atoms with Crippen LogP contribution in [0.25, 0.3) is 28.6 Å². The lowest BCUT2D eigenvalue weighted by Crippen LogP contribution is -2.41. The molecule has 0 radical (unpaired) electrons. The van der Waals surface area contributed by atoms with Gasteiger partial charge in [-0.1, -0.05) is 60.7 Å². The highest BCUT2D eigenvalue weighted by atomic mass is 16.7. The summed E-state index contributed by atoms with van der Waals surface area (Å²) < 4.78 is 14.7. The zero-order valence-corrected chi connectivity index (χ0v) is 18.6. The van der Waals surface area contributed by atoms with Crippen molar-refractivity contribution in [1.82, 2.24) is 9.55 Å². The number of benzene rings is 2. The Morgan fingerprint density at radius 3 is 2.17 bits per heavy atom. The van der Waals surface area contributed by atoms with E-state index in [4.69, 9.17) is 14.3 Å². The highest BCUT2D eigenvalue weighted by molar-refractivity contribution is 6.62. The summed E-state index contributed by atoms with van der Waals surface area (Å²) in [6, 6.07) is 18.7. The van der Waals surface area contributed by atoms with E-state index in [0.717, 1.165) is 33.8 Å². The first-order chi connectivity index (χ1) is 14.2. The van der Waals surface area contributed by atoms with Gasteiger partial charge in [-0.15, -0.1) is 0 Å². The Bertz CT molecular complexity index is 1070. The molecule has 5 heteroatoms. The fourth-order valence-corrected chi connectivity index (χ4v) is 3.75. The quantitative estimate of drug-likeness (QED) is 0.573. The molecule has 0 spiro atoms. The lowest BCUT2D eigenvalue weighted by Gasteiger charge is -2.32. The highest BCUT2D eigenvalue weighted by Crippen LogP contribution is 2.37. The zero-order valence-electron chi connectivity index (χ0n) is 18.6. The van der Waals surface area contributed by atoms with Crippen LogP contribution in [0.5, 0.6) is 0 Å². The van der Waals surface area contributed by atoms with Crippen LogP contribution in [0.15, 0.2) is 60.7 Å². The van der Waals surface area contributed by atoms with Crippen molar-refractivity contribution in [2.45, 2.75) is 45.8 Å². The van der Waals surface area contributed by atoms with Crippen LogP contribution in [0.4, 0.5) is 0 Å². The Morgan fingerprint density at radius 1 is 0.900 bits per heavy atom. The number of hydrogen-bond donors (Lipinski definition) is 0. The molecule has 154 valence electrons. The molecule has 0 saturated carbocycles. The monoisotopic (exact) mass is 400 g/mol. The fraction of sp³-hybridized carbons (Fsp3) is 0.320. The molecule has 0 N–H and O–H groups in total. The summed E-state index contributed by atoms with van der Waals surface area (Å²) in [6.45, 7) is 10.3. The molecule has 1 aromatic heterocycles. The van der Waals surface area contributed by atoms with Crippen LogP contribution in [0.1, 0.15) is 40.4 Å². The van der Waals surface area contributed by atoms with Gasteiger partial charge in [0.15, 0.2) is 0 Å². The van der Waals surface area contributed by atoms with E-state index < -0.39 is 7.12 Å². The smallest absolute Gasteiger partial charge is 0.399 e. The van der Waals surface area contributed by atoms with Crippen LogP contribution >= 0.6 is 0 Å². The third kappa shape index (κ3) is 3.53. The van der Waals surface area contributed by atoms with Gasteiger partial charge in [0.1, 0.15) is 5.82 Å². The molecule has 0 amide bonds. The van der Waals surface area contributed by atoms with Gasteiger partial charge in [-0.25, -0.2) is 4.98 Å². The van der Waals surface area contributed by atoms with E-state index in [1.54, 1.807) is 0 Å². The lowest BCUT2D eigenvalue weighted by atomic mass is 9.78. The first-order valence-corrected chi connectivity index (χ1v) is 10.4. The number of rotatable bonds is 4. The summed E-state index contributed by atoms with van der Waals surface area (Å²) in [5, 5.41) is 0. The summed E-state index contributed by atoms with van der Waals surface area (Å²) >= 11 is 0. The molecular formula is C25H29BN2O2. The predicted molar refractivity (Wildman–Crippen MR) is 125 cm³/mol. The molecule has 4 nitrogen and oxygen atoms in total. The second kappa shape index (κ2) is 7.57. The van der Waals surface area contributed by atoms with Crippen LogP contribution in [0.2, 0.25) is 0 Å². The maximum absolute atomic E-state index is 6.27. The molecule has 30 heavy (non-hydrogen) atoms. The van der Waals surface area contributed by atoms with Gasteiger partial charge in [0, 0.05) is 18.2 Å². The van der Waals surface area contributed by atoms with Crippen LogP contribution in [-0.4, -0.2) is 27.9 Å². The minimum atomic E-state index is -0.390. The number of aromatic nitrogens is 2. The molecule has 1 aliphatic heterocycles. The minimum Gasteiger partial charge on any atom is -0.399 e. The van der Waals surface area contributed by atoms with Gasteiger partial charge in [-0.2, -0.15) is 0 Å².